The highest BCUT2D eigenvalue weighted by Gasteiger charge is 2.19. The van der Waals surface area contributed by atoms with Crippen molar-refractivity contribution >= 4 is 28.9 Å². The van der Waals surface area contributed by atoms with Gasteiger partial charge in [-0.25, -0.2) is 4.99 Å². The number of hydrogen-bond acceptors (Lipinski definition) is 3. The Morgan fingerprint density at radius 3 is 2.50 bits per heavy atom. The van der Waals surface area contributed by atoms with Gasteiger partial charge in [0.15, 0.2) is 5.11 Å². The minimum Gasteiger partial charge on any atom is -0.494 e. The Morgan fingerprint density at radius 1 is 1.14 bits per heavy atom. The fourth-order valence-electron chi connectivity index (χ4n) is 2.26. The smallest absolute Gasteiger partial charge is 0.180 e. The van der Waals surface area contributed by atoms with Gasteiger partial charge in [-0.2, -0.15) is 0 Å². The predicted octanol–water partition coefficient (Wildman–Crippen LogP) is 3.18. The Hall–Kier alpha value is -2.40. The van der Waals surface area contributed by atoms with Crippen LogP contribution in [-0.2, 0) is 0 Å². The molecule has 2 aromatic carbocycles. The molecule has 3 rings (SSSR count). The summed E-state index contributed by atoms with van der Waals surface area (Å²) in [6, 6.07) is 17.8. The lowest BCUT2D eigenvalue weighted by molar-refractivity contribution is 0.340. The SMILES string of the molecule is CCOc1ccc(N2CN=C(c3ccccc3)NC2=S)cc1. The van der Waals surface area contributed by atoms with Crippen molar-refractivity contribution in [1.29, 1.82) is 0 Å². The summed E-state index contributed by atoms with van der Waals surface area (Å²) in [6.07, 6.45) is 0. The summed E-state index contributed by atoms with van der Waals surface area (Å²) in [5.41, 5.74) is 2.04. The number of rotatable bonds is 4. The summed E-state index contributed by atoms with van der Waals surface area (Å²) in [4.78, 5) is 6.54. The van der Waals surface area contributed by atoms with E-state index in [1.807, 2.05) is 66.4 Å². The molecule has 22 heavy (non-hydrogen) atoms. The maximum atomic E-state index is 5.47. The number of amidine groups is 1. The molecule has 2 aromatic rings. The molecular formula is C17H17N3OS. The van der Waals surface area contributed by atoms with E-state index in [1.165, 1.54) is 0 Å². The highest BCUT2D eigenvalue weighted by Crippen LogP contribution is 2.21. The average molecular weight is 311 g/mol. The van der Waals surface area contributed by atoms with Crippen molar-refractivity contribution in [3.8, 4) is 5.75 Å². The fourth-order valence-corrected chi connectivity index (χ4v) is 2.52. The normalized spacial score (nSPS) is 14.3. The number of ether oxygens (including phenoxy) is 1. The van der Waals surface area contributed by atoms with Gasteiger partial charge in [0.25, 0.3) is 0 Å². The Morgan fingerprint density at radius 2 is 1.86 bits per heavy atom. The molecule has 0 aromatic heterocycles. The minimum absolute atomic E-state index is 0.504. The highest BCUT2D eigenvalue weighted by atomic mass is 32.1. The van der Waals surface area contributed by atoms with Gasteiger partial charge in [0.05, 0.1) is 6.61 Å². The Balaban J connectivity index is 1.77. The maximum absolute atomic E-state index is 5.47. The van der Waals surface area contributed by atoms with Crippen molar-refractivity contribution in [2.24, 2.45) is 4.99 Å². The molecule has 0 fully saturated rings. The van der Waals surface area contributed by atoms with Crippen LogP contribution in [0.3, 0.4) is 0 Å². The van der Waals surface area contributed by atoms with Gasteiger partial charge < -0.3 is 10.1 Å². The van der Waals surface area contributed by atoms with E-state index in [-0.39, 0.29) is 0 Å². The van der Waals surface area contributed by atoms with Crippen LogP contribution < -0.4 is 15.0 Å². The van der Waals surface area contributed by atoms with Crippen molar-refractivity contribution in [3.63, 3.8) is 0 Å². The van der Waals surface area contributed by atoms with Gasteiger partial charge in [-0.1, -0.05) is 30.3 Å². The van der Waals surface area contributed by atoms with Crippen molar-refractivity contribution in [1.82, 2.24) is 5.32 Å². The summed E-state index contributed by atoms with van der Waals surface area (Å²) in [6.45, 7) is 3.13. The van der Waals surface area contributed by atoms with Crippen molar-refractivity contribution in [2.45, 2.75) is 6.92 Å². The van der Waals surface area contributed by atoms with Crippen molar-refractivity contribution < 1.29 is 4.74 Å². The number of hydrogen-bond donors (Lipinski definition) is 1. The summed E-state index contributed by atoms with van der Waals surface area (Å²) in [5, 5.41) is 3.85. The number of benzene rings is 2. The number of thiocarbonyl (C=S) groups is 1. The maximum Gasteiger partial charge on any atom is 0.180 e. The molecule has 0 atom stereocenters. The summed E-state index contributed by atoms with van der Waals surface area (Å²) in [7, 11) is 0. The molecule has 4 nitrogen and oxygen atoms in total. The fraction of sp³-hybridized carbons (Fsp3) is 0.176. The minimum atomic E-state index is 0.504. The second-order valence-corrected chi connectivity index (χ2v) is 5.19. The molecule has 0 radical (unpaired) electrons. The Bertz CT molecular complexity index is 683. The third kappa shape index (κ3) is 3.09. The first kappa shape index (κ1) is 14.5. The van der Waals surface area contributed by atoms with Gasteiger partial charge >= 0.3 is 0 Å². The van der Waals surface area contributed by atoms with Crippen LogP contribution in [0.4, 0.5) is 5.69 Å². The topological polar surface area (TPSA) is 36.9 Å². The van der Waals surface area contributed by atoms with E-state index in [9.17, 15) is 0 Å². The van der Waals surface area contributed by atoms with Crippen LogP contribution in [-0.4, -0.2) is 24.2 Å². The number of nitrogens with zero attached hydrogens (tertiary/aromatic N) is 2. The molecule has 0 aliphatic carbocycles. The molecule has 0 saturated carbocycles. The van der Waals surface area contributed by atoms with E-state index in [4.69, 9.17) is 17.0 Å². The van der Waals surface area contributed by atoms with E-state index in [0.29, 0.717) is 18.4 Å². The third-order valence-corrected chi connectivity index (χ3v) is 3.67. The van der Waals surface area contributed by atoms with E-state index < -0.39 is 0 Å². The van der Waals surface area contributed by atoms with Gasteiger partial charge in [0.1, 0.15) is 18.3 Å². The zero-order chi connectivity index (χ0) is 15.4. The number of nitrogens with one attached hydrogen (secondary N) is 1. The molecular weight excluding hydrogens is 294 g/mol. The van der Waals surface area contributed by atoms with Gasteiger partial charge in [-0.15, -0.1) is 0 Å². The zero-order valence-electron chi connectivity index (χ0n) is 12.3. The molecule has 0 bridgehead atoms. The largest absolute Gasteiger partial charge is 0.494 e. The molecule has 0 spiro atoms. The van der Waals surface area contributed by atoms with Crippen LogP contribution in [0.2, 0.25) is 0 Å². The van der Waals surface area contributed by atoms with Gasteiger partial charge in [-0.3, -0.25) is 4.90 Å². The molecule has 1 aliphatic heterocycles. The van der Waals surface area contributed by atoms with E-state index >= 15 is 0 Å². The molecule has 0 saturated heterocycles. The molecule has 1 aliphatic rings. The first-order chi connectivity index (χ1) is 10.8. The monoisotopic (exact) mass is 311 g/mol. The van der Waals surface area contributed by atoms with E-state index in [0.717, 1.165) is 22.8 Å². The number of anilines is 1. The average Bonchev–Trinajstić information content (AvgIpc) is 2.57. The van der Waals surface area contributed by atoms with Crippen LogP contribution in [0.1, 0.15) is 12.5 Å². The molecule has 112 valence electrons. The quantitative estimate of drug-likeness (QED) is 0.880. The van der Waals surface area contributed by atoms with Crippen LogP contribution in [0.5, 0.6) is 5.75 Å². The molecule has 1 heterocycles. The van der Waals surface area contributed by atoms with Crippen molar-refractivity contribution in [3.05, 3.63) is 60.2 Å². The highest BCUT2D eigenvalue weighted by molar-refractivity contribution is 7.80. The van der Waals surface area contributed by atoms with Gasteiger partial charge in [0, 0.05) is 11.3 Å². The standard InChI is InChI=1S/C17H17N3OS/c1-2-21-15-10-8-14(9-11-15)20-12-18-16(19-17(20)22)13-6-4-3-5-7-13/h3-11H,2,12H2,1H3,(H,18,19,22). The second kappa shape index (κ2) is 6.58. The summed E-state index contributed by atoms with van der Waals surface area (Å²) >= 11 is 5.47. The van der Waals surface area contributed by atoms with Gasteiger partial charge in [0.2, 0.25) is 0 Å². The Kier molecular flexibility index (Phi) is 4.34. The Labute approximate surface area is 135 Å². The lowest BCUT2D eigenvalue weighted by Crippen LogP contribution is -2.47. The van der Waals surface area contributed by atoms with Gasteiger partial charge in [-0.05, 0) is 43.4 Å². The lowest BCUT2D eigenvalue weighted by Gasteiger charge is -2.29. The van der Waals surface area contributed by atoms with E-state index in [1.54, 1.807) is 0 Å². The first-order valence-electron chi connectivity index (χ1n) is 7.19. The predicted molar refractivity (Wildman–Crippen MR) is 93.7 cm³/mol. The second-order valence-electron chi connectivity index (χ2n) is 4.80. The van der Waals surface area contributed by atoms with Crippen LogP contribution >= 0.6 is 12.2 Å². The third-order valence-electron chi connectivity index (χ3n) is 3.35. The van der Waals surface area contributed by atoms with Crippen LogP contribution in [0.25, 0.3) is 0 Å². The molecule has 0 amide bonds. The molecule has 1 N–H and O–H groups in total. The lowest BCUT2D eigenvalue weighted by atomic mass is 10.2. The zero-order valence-corrected chi connectivity index (χ0v) is 13.1. The van der Waals surface area contributed by atoms with Crippen molar-refractivity contribution in [2.75, 3.05) is 18.2 Å². The van der Waals surface area contributed by atoms with E-state index in [2.05, 4.69) is 10.3 Å². The summed E-state index contributed by atoms with van der Waals surface area (Å²) in [5.74, 6) is 1.67. The number of aliphatic imine (C=N–C) groups is 1. The first-order valence-corrected chi connectivity index (χ1v) is 7.60. The van der Waals surface area contributed by atoms with Crippen LogP contribution in [0.15, 0.2) is 59.6 Å². The summed E-state index contributed by atoms with van der Waals surface area (Å²) < 4.78 is 5.46. The molecule has 0 unspecified atom stereocenters. The molecule has 5 heteroatoms. The van der Waals surface area contributed by atoms with Crippen LogP contribution in [0, 0.1) is 0 Å².